The van der Waals surface area contributed by atoms with Gasteiger partial charge in [-0.1, -0.05) is 24.3 Å². The van der Waals surface area contributed by atoms with Crippen molar-refractivity contribution in [3.05, 3.63) is 65.0 Å². The Hall–Kier alpha value is -1.95. The fourth-order valence-electron chi connectivity index (χ4n) is 3.11. The van der Waals surface area contributed by atoms with E-state index in [1.54, 1.807) is 18.2 Å². The molecule has 0 bridgehead atoms. The lowest BCUT2D eigenvalue weighted by Gasteiger charge is -2.32. The van der Waals surface area contributed by atoms with Crippen molar-refractivity contribution in [2.24, 2.45) is 0 Å². The molecular formula is C20H26FN3O. The summed E-state index contributed by atoms with van der Waals surface area (Å²) in [4.78, 5) is 4.69. The van der Waals surface area contributed by atoms with Crippen molar-refractivity contribution >= 4 is 0 Å². The minimum atomic E-state index is -0.184. The fourth-order valence-corrected chi connectivity index (χ4v) is 3.11. The number of piperazine rings is 1. The third-order valence-corrected chi connectivity index (χ3v) is 4.74. The largest absolute Gasteiger partial charge is 0.508 e. The second-order valence-electron chi connectivity index (χ2n) is 6.74. The van der Waals surface area contributed by atoms with Crippen molar-refractivity contribution in [1.29, 1.82) is 0 Å². The smallest absolute Gasteiger partial charge is 0.127 e. The molecule has 0 aliphatic carbocycles. The zero-order valence-electron chi connectivity index (χ0n) is 14.7. The molecule has 0 radical (unpaired) electrons. The first-order valence-electron chi connectivity index (χ1n) is 8.77. The van der Waals surface area contributed by atoms with Gasteiger partial charge in [0, 0.05) is 56.9 Å². The Morgan fingerprint density at radius 1 is 1.00 bits per heavy atom. The number of hydrogen-bond donors (Lipinski definition) is 2. The van der Waals surface area contributed by atoms with E-state index in [2.05, 4.69) is 22.2 Å². The molecule has 0 saturated carbocycles. The first-order chi connectivity index (χ1) is 12.1. The number of halogens is 1. The van der Waals surface area contributed by atoms with Gasteiger partial charge in [-0.25, -0.2) is 4.39 Å². The van der Waals surface area contributed by atoms with Crippen LogP contribution in [0.25, 0.3) is 0 Å². The highest BCUT2D eigenvalue weighted by atomic mass is 19.1. The SMILES string of the molecule is CN1CCN(Cc2cc(CNCc3ccccc3F)ccc2O)CC1. The predicted octanol–water partition coefficient (Wildman–Crippen LogP) is 2.57. The molecule has 5 heteroatoms. The number of benzene rings is 2. The monoisotopic (exact) mass is 343 g/mol. The van der Waals surface area contributed by atoms with Crippen molar-refractivity contribution in [3.8, 4) is 5.75 Å². The number of likely N-dealkylation sites (N-methyl/N-ethyl adjacent to an activating group) is 1. The molecule has 2 aromatic carbocycles. The van der Waals surface area contributed by atoms with Crippen LogP contribution in [0.5, 0.6) is 5.75 Å². The van der Waals surface area contributed by atoms with Crippen LogP contribution in [0.15, 0.2) is 42.5 Å². The second-order valence-corrected chi connectivity index (χ2v) is 6.74. The molecule has 2 N–H and O–H groups in total. The van der Waals surface area contributed by atoms with E-state index in [1.807, 2.05) is 18.2 Å². The van der Waals surface area contributed by atoms with Crippen LogP contribution in [0, 0.1) is 5.82 Å². The number of phenols is 1. The average Bonchev–Trinajstić information content (AvgIpc) is 2.61. The number of phenolic OH excluding ortho intramolecular Hbond substituents is 1. The lowest BCUT2D eigenvalue weighted by Crippen LogP contribution is -2.43. The van der Waals surface area contributed by atoms with E-state index in [4.69, 9.17) is 0 Å². The van der Waals surface area contributed by atoms with E-state index in [0.717, 1.165) is 43.9 Å². The molecule has 1 heterocycles. The van der Waals surface area contributed by atoms with Crippen molar-refractivity contribution < 1.29 is 9.50 Å². The molecule has 0 spiro atoms. The molecule has 0 amide bonds. The topological polar surface area (TPSA) is 38.7 Å². The highest BCUT2D eigenvalue weighted by molar-refractivity contribution is 5.36. The molecule has 1 aliphatic rings. The minimum Gasteiger partial charge on any atom is -0.508 e. The number of hydrogen-bond acceptors (Lipinski definition) is 4. The van der Waals surface area contributed by atoms with Gasteiger partial charge in [0.2, 0.25) is 0 Å². The highest BCUT2D eigenvalue weighted by Crippen LogP contribution is 2.21. The first-order valence-corrected chi connectivity index (χ1v) is 8.77. The summed E-state index contributed by atoms with van der Waals surface area (Å²) in [6, 6.07) is 12.5. The van der Waals surface area contributed by atoms with E-state index in [1.165, 1.54) is 6.07 Å². The van der Waals surface area contributed by atoms with Gasteiger partial charge in [0.25, 0.3) is 0 Å². The number of aromatic hydroxyl groups is 1. The zero-order valence-corrected chi connectivity index (χ0v) is 14.7. The fraction of sp³-hybridized carbons (Fsp3) is 0.400. The van der Waals surface area contributed by atoms with E-state index >= 15 is 0 Å². The van der Waals surface area contributed by atoms with Gasteiger partial charge in [0.15, 0.2) is 0 Å². The van der Waals surface area contributed by atoms with Gasteiger partial charge in [-0.3, -0.25) is 4.90 Å². The van der Waals surface area contributed by atoms with Crippen molar-refractivity contribution in [2.75, 3.05) is 33.2 Å². The van der Waals surface area contributed by atoms with Crippen LogP contribution in [0.3, 0.4) is 0 Å². The number of nitrogens with zero attached hydrogens (tertiary/aromatic N) is 2. The predicted molar refractivity (Wildman–Crippen MR) is 97.8 cm³/mol. The number of nitrogens with one attached hydrogen (secondary N) is 1. The molecule has 2 aromatic rings. The Balaban J connectivity index is 1.56. The van der Waals surface area contributed by atoms with Gasteiger partial charge in [0.05, 0.1) is 0 Å². The van der Waals surface area contributed by atoms with Gasteiger partial charge in [0.1, 0.15) is 11.6 Å². The molecule has 1 aliphatic heterocycles. The lowest BCUT2D eigenvalue weighted by molar-refractivity contribution is 0.147. The maximum absolute atomic E-state index is 13.6. The number of rotatable bonds is 6. The normalized spacial score (nSPS) is 16.2. The van der Waals surface area contributed by atoms with Crippen LogP contribution < -0.4 is 5.32 Å². The maximum Gasteiger partial charge on any atom is 0.127 e. The van der Waals surface area contributed by atoms with Crippen molar-refractivity contribution in [1.82, 2.24) is 15.1 Å². The lowest BCUT2D eigenvalue weighted by atomic mass is 10.1. The summed E-state index contributed by atoms with van der Waals surface area (Å²) in [6.07, 6.45) is 0. The highest BCUT2D eigenvalue weighted by Gasteiger charge is 2.15. The molecule has 0 unspecified atom stereocenters. The molecule has 4 nitrogen and oxygen atoms in total. The standard InChI is InChI=1S/C20H26FN3O/c1-23-8-10-24(11-9-23)15-18-12-16(6-7-20(18)25)13-22-14-17-4-2-3-5-19(17)21/h2-7,12,22,25H,8-11,13-15H2,1H3. The minimum absolute atomic E-state index is 0.184. The van der Waals surface area contributed by atoms with Crippen LogP contribution in [-0.2, 0) is 19.6 Å². The molecule has 0 atom stereocenters. The molecular weight excluding hydrogens is 317 g/mol. The van der Waals surface area contributed by atoms with E-state index in [0.29, 0.717) is 24.4 Å². The van der Waals surface area contributed by atoms with Crippen molar-refractivity contribution in [2.45, 2.75) is 19.6 Å². The van der Waals surface area contributed by atoms with Gasteiger partial charge in [-0.2, -0.15) is 0 Å². The van der Waals surface area contributed by atoms with Crippen molar-refractivity contribution in [3.63, 3.8) is 0 Å². The van der Waals surface area contributed by atoms with Crippen LogP contribution in [0.1, 0.15) is 16.7 Å². The van der Waals surface area contributed by atoms with Gasteiger partial charge in [-0.05, 0) is 30.8 Å². The molecule has 1 fully saturated rings. The van der Waals surface area contributed by atoms with E-state index in [9.17, 15) is 9.50 Å². The summed E-state index contributed by atoms with van der Waals surface area (Å²) in [5, 5.41) is 13.4. The van der Waals surface area contributed by atoms with E-state index in [-0.39, 0.29) is 5.82 Å². The summed E-state index contributed by atoms with van der Waals surface area (Å²) in [7, 11) is 2.14. The Morgan fingerprint density at radius 3 is 2.52 bits per heavy atom. The van der Waals surface area contributed by atoms with Crippen LogP contribution >= 0.6 is 0 Å². The Morgan fingerprint density at radius 2 is 1.76 bits per heavy atom. The summed E-state index contributed by atoms with van der Waals surface area (Å²) in [5.74, 6) is 0.160. The summed E-state index contributed by atoms with van der Waals surface area (Å²) >= 11 is 0. The summed E-state index contributed by atoms with van der Waals surface area (Å²) in [5.41, 5.74) is 2.71. The van der Waals surface area contributed by atoms with Crippen LogP contribution in [-0.4, -0.2) is 48.1 Å². The van der Waals surface area contributed by atoms with Crippen LogP contribution in [0.4, 0.5) is 4.39 Å². The average molecular weight is 343 g/mol. The van der Waals surface area contributed by atoms with Gasteiger partial charge in [-0.15, -0.1) is 0 Å². The van der Waals surface area contributed by atoms with Gasteiger partial charge < -0.3 is 15.3 Å². The second kappa shape index (κ2) is 8.43. The molecule has 134 valence electrons. The third kappa shape index (κ3) is 5.01. The Bertz CT molecular complexity index is 699. The molecule has 3 rings (SSSR count). The van der Waals surface area contributed by atoms with Gasteiger partial charge >= 0.3 is 0 Å². The quantitative estimate of drug-likeness (QED) is 0.846. The Labute approximate surface area is 148 Å². The molecule has 1 saturated heterocycles. The maximum atomic E-state index is 13.6. The molecule has 0 aromatic heterocycles. The molecule has 25 heavy (non-hydrogen) atoms. The first kappa shape index (κ1) is 17.9. The summed E-state index contributed by atoms with van der Waals surface area (Å²) in [6.45, 7) is 6.05. The Kier molecular flexibility index (Phi) is 6.02. The summed E-state index contributed by atoms with van der Waals surface area (Å²) < 4.78 is 13.6. The third-order valence-electron chi connectivity index (χ3n) is 4.74. The van der Waals surface area contributed by atoms with E-state index < -0.39 is 0 Å². The zero-order chi connectivity index (χ0) is 17.6. The van der Waals surface area contributed by atoms with Crippen LogP contribution in [0.2, 0.25) is 0 Å².